The summed E-state index contributed by atoms with van der Waals surface area (Å²) < 4.78 is 6.20. The standard InChI is InChI=1S/C25H30O4S/c1-13(26)30-19-11-14-10-15(27)4-7-23(14,2)17-5-8-24(3)22(21(17)19)16-12-18(16)25(24)9-6-20(28)29-25/h4,7,10,16-19,21-22H,5-6,8-9,11-12H2,1-3H3/t16-,17+,18+,19+,21-,22-,23-,24-,25-/m1/s1. The summed E-state index contributed by atoms with van der Waals surface area (Å²) in [5.41, 5.74) is 0.853. The lowest BCUT2D eigenvalue weighted by atomic mass is 9.46. The summed E-state index contributed by atoms with van der Waals surface area (Å²) >= 11 is 1.49. The molecule has 1 aliphatic heterocycles. The fourth-order valence-electron chi connectivity index (χ4n) is 8.82. The first-order chi connectivity index (χ1) is 14.2. The van der Waals surface area contributed by atoms with Crippen LogP contribution >= 0.6 is 11.8 Å². The Hall–Kier alpha value is -1.36. The van der Waals surface area contributed by atoms with E-state index in [0.29, 0.717) is 36.0 Å². The summed E-state index contributed by atoms with van der Waals surface area (Å²) in [7, 11) is 0. The van der Waals surface area contributed by atoms with Crippen LogP contribution < -0.4 is 0 Å². The zero-order valence-corrected chi connectivity index (χ0v) is 18.8. The highest BCUT2D eigenvalue weighted by Crippen LogP contribution is 2.79. The van der Waals surface area contributed by atoms with Gasteiger partial charge in [-0.25, -0.2) is 0 Å². The van der Waals surface area contributed by atoms with Crippen molar-refractivity contribution >= 4 is 28.6 Å². The fourth-order valence-corrected chi connectivity index (χ4v) is 10.0. The summed E-state index contributed by atoms with van der Waals surface area (Å²) in [6.45, 7) is 6.37. The van der Waals surface area contributed by atoms with Crippen LogP contribution in [0, 0.1) is 40.4 Å². The number of thioether (sulfide) groups is 1. The van der Waals surface area contributed by atoms with Gasteiger partial charge in [0.15, 0.2) is 10.9 Å². The Morgan fingerprint density at radius 2 is 2.00 bits per heavy atom. The Kier molecular flexibility index (Phi) is 3.81. The van der Waals surface area contributed by atoms with Gasteiger partial charge in [0.2, 0.25) is 0 Å². The molecular formula is C25H30O4S. The molecular weight excluding hydrogens is 396 g/mol. The van der Waals surface area contributed by atoms with Gasteiger partial charge >= 0.3 is 5.97 Å². The van der Waals surface area contributed by atoms with Crippen LogP contribution in [0.15, 0.2) is 23.8 Å². The van der Waals surface area contributed by atoms with Gasteiger partial charge in [-0.15, -0.1) is 0 Å². The smallest absolute Gasteiger partial charge is 0.306 e. The molecule has 0 radical (unpaired) electrons. The van der Waals surface area contributed by atoms with Gasteiger partial charge in [-0.1, -0.05) is 37.3 Å². The average molecular weight is 427 g/mol. The number of ether oxygens (including phenoxy) is 1. The summed E-state index contributed by atoms with van der Waals surface area (Å²) in [5.74, 6) is 2.54. The largest absolute Gasteiger partial charge is 0.458 e. The number of hydrogen-bond acceptors (Lipinski definition) is 5. The van der Waals surface area contributed by atoms with Crippen molar-refractivity contribution in [3.63, 3.8) is 0 Å². The van der Waals surface area contributed by atoms with Crippen molar-refractivity contribution in [1.29, 1.82) is 0 Å². The molecule has 0 unspecified atom stereocenters. The molecule has 1 saturated heterocycles. The second-order valence-electron chi connectivity index (χ2n) is 11.1. The SMILES string of the molecule is CC(=O)S[C@H]1CC2=CC(=O)C=C[C@@]2(C)[C@H]2CC[C@]3(C)[C@H]([C@@H]4C[C@@H]4[C@]34CCC(=O)O4)[C@@H]12. The Bertz CT molecular complexity index is 935. The van der Waals surface area contributed by atoms with E-state index in [0.717, 1.165) is 25.7 Å². The molecule has 5 fully saturated rings. The van der Waals surface area contributed by atoms with E-state index in [9.17, 15) is 14.4 Å². The topological polar surface area (TPSA) is 60.4 Å². The Balaban J connectivity index is 1.45. The van der Waals surface area contributed by atoms with Gasteiger partial charge in [0.25, 0.3) is 0 Å². The Morgan fingerprint density at radius 1 is 1.20 bits per heavy atom. The third-order valence-corrected chi connectivity index (χ3v) is 11.1. The zero-order chi connectivity index (χ0) is 21.1. The molecule has 30 heavy (non-hydrogen) atoms. The molecule has 0 bridgehead atoms. The van der Waals surface area contributed by atoms with Crippen LogP contribution in [0.4, 0.5) is 0 Å². The number of rotatable bonds is 1. The van der Waals surface area contributed by atoms with Gasteiger partial charge in [0.05, 0.1) is 0 Å². The second-order valence-corrected chi connectivity index (χ2v) is 12.5. The lowest BCUT2D eigenvalue weighted by Crippen LogP contribution is -2.59. The maximum atomic E-state index is 12.2. The summed E-state index contributed by atoms with van der Waals surface area (Å²) in [6, 6.07) is 0. The van der Waals surface area contributed by atoms with Crippen LogP contribution in [0.1, 0.15) is 59.3 Å². The van der Waals surface area contributed by atoms with Crippen molar-refractivity contribution in [2.45, 2.75) is 70.1 Å². The van der Waals surface area contributed by atoms with E-state index >= 15 is 0 Å². The van der Waals surface area contributed by atoms with E-state index in [4.69, 9.17) is 4.74 Å². The van der Waals surface area contributed by atoms with E-state index in [1.807, 2.05) is 6.08 Å². The lowest BCUT2D eigenvalue weighted by Gasteiger charge is -2.61. The van der Waals surface area contributed by atoms with Gasteiger partial charge in [-0.05, 0) is 67.9 Å². The number of fused-ring (bicyclic) bond motifs is 9. The number of allylic oxidation sites excluding steroid dienone is 4. The first kappa shape index (κ1) is 19.3. The summed E-state index contributed by atoms with van der Waals surface area (Å²) in [4.78, 5) is 36.6. The molecule has 5 heteroatoms. The van der Waals surface area contributed by atoms with Crippen molar-refractivity contribution in [2.75, 3.05) is 0 Å². The Morgan fingerprint density at radius 3 is 2.70 bits per heavy atom. The van der Waals surface area contributed by atoms with Gasteiger partial charge in [-0.2, -0.15) is 0 Å². The van der Waals surface area contributed by atoms with E-state index in [1.54, 1.807) is 13.0 Å². The van der Waals surface area contributed by atoms with Gasteiger partial charge in [-0.3, -0.25) is 14.4 Å². The first-order valence-corrected chi connectivity index (χ1v) is 12.4. The van der Waals surface area contributed by atoms with Crippen LogP contribution in [-0.2, 0) is 19.1 Å². The maximum absolute atomic E-state index is 12.2. The normalized spacial score (nSPS) is 52.8. The highest BCUT2D eigenvalue weighted by molar-refractivity contribution is 8.14. The van der Waals surface area contributed by atoms with Crippen molar-refractivity contribution in [3.05, 3.63) is 23.8 Å². The second kappa shape index (κ2) is 5.90. The zero-order valence-electron chi connectivity index (χ0n) is 18.0. The molecule has 0 N–H and O–H groups in total. The van der Waals surface area contributed by atoms with Crippen molar-refractivity contribution in [2.24, 2.45) is 40.4 Å². The van der Waals surface area contributed by atoms with Gasteiger partial charge in [0.1, 0.15) is 5.60 Å². The van der Waals surface area contributed by atoms with Crippen LogP contribution in [0.25, 0.3) is 0 Å². The molecule has 9 atom stereocenters. The van der Waals surface area contributed by atoms with Crippen molar-refractivity contribution in [3.8, 4) is 0 Å². The number of esters is 1. The molecule has 0 aromatic rings. The first-order valence-electron chi connectivity index (χ1n) is 11.5. The number of hydrogen-bond donors (Lipinski definition) is 0. The minimum atomic E-state index is -0.273. The Labute approximate surface area is 182 Å². The highest BCUT2D eigenvalue weighted by atomic mass is 32.2. The predicted octanol–water partition coefficient (Wildman–Crippen LogP) is 4.48. The van der Waals surface area contributed by atoms with E-state index in [-0.39, 0.29) is 38.5 Å². The lowest BCUT2D eigenvalue weighted by molar-refractivity contribution is -0.174. The molecule has 160 valence electrons. The highest BCUT2D eigenvalue weighted by Gasteiger charge is 2.79. The molecule has 1 spiro atoms. The van der Waals surface area contributed by atoms with Crippen LogP contribution in [0.3, 0.4) is 0 Å². The van der Waals surface area contributed by atoms with Crippen LogP contribution in [0.5, 0.6) is 0 Å². The number of carbonyl (C=O) groups excluding carboxylic acids is 3. The van der Waals surface area contributed by atoms with Crippen molar-refractivity contribution < 1.29 is 19.1 Å². The van der Waals surface area contributed by atoms with Gasteiger partial charge < -0.3 is 4.74 Å². The average Bonchev–Trinajstić information content (AvgIpc) is 3.31. The third kappa shape index (κ3) is 2.23. The molecule has 0 aromatic carbocycles. The third-order valence-electron chi connectivity index (χ3n) is 9.99. The quantitative estimate of drug-likeness (QED) is 0.579. The minimum absolute atomic E-state index is 0.00921. The van der Waals surface area contributed by atoms with Crippen molar-refractivity contribution in [1.82, 2.24) is 0 Å². The monoisotopic (exact) mass is 426 g/mol. The molecule has 0 amide bonds. The summed E-state index contributed by atoms with van der Waals surface area (Å²) in [5, 5.41) is 0.379. The molecule has 5 aliphatic carbocycles. The number of ketones is 1. The molecule has 4 nitrogen and oxygen atoms in total. The van der Waals surface area contributed by atoms with E-state index < -0.39 is 0 Å². The van der Waals surface area contributed by atoms with E-state index in [2.05, 4.69) is 19.9 Å². The molecule has 4 saturated carbocycles. The number of carbonyl (C=O) groups is 3. The molecule has 1 heterocycles. The molecule has 0 aromatic heterocycles. The van der Waals surface area contributed by atoms with Gasteiger partial charge in [0, 0.05) is 35.3 Å². The van der Waals surface area contributed by atoms with E-state index in [1.165, 1.54) is 23.8 Å². The molecule has 6 rings (SSSR count). The van der Waals surface area contributed by atoms with Crippen LogP contribution in [0.2, 0.25) is 0 Å². The summed E-state index contributed by atoms with van der Waals surface area (Å²) in [6.07, 6.45) is 11.3. The fraction of sp³-hybridized carbons (Fsp3) is 0.720. The molecule has 6 aliphatic rings. The minimum Gasteiger partial charge on any atom is -0.458 e. The van der Waals surface area contributed by atoms with Crippen LogP contribution in [-0.4, -0.2) is 27.7 Å². The predicted molar refractivity (Wildman–Crippen MR) is 114 cm³/mol. The maximum Gasteiger partial charge on any atom is 0.306 e.